The first kappa shape index (κ1) is 39.8. The molecule has 0 radical (unpaired) electrons. The van der Waals surface area contributed by atoms with Crippen molar-refractivity contribution in [3.05, 3.63) is 83.6 Å². The molecule has 0 bridgehead atoms. The highest BCUT2D eigenvalue weighted by Crippen LogP contribution is 2.50. The van der Waals surface area contributed by atoms with E-state index in [1.54, 1.807) is 12.1 Å². The summed E-state index contributed by atoms with van der Waals surface area (Å²) in [6, 6.07) is 9.13. The molecule has 10 heteroatoms. The van der Waals surface area contributed by atoms with Gasteiger partial charge in [-0.05, 0) is 72.2 Å². The Hall–Kier alpha value is -3.40. The molecule has 0 atom stereocenters. The Morgan fingerprint density at radius 3 is 1.98 bits per heavy atom. The molecule has 52 heavy (non-hydrogen) atoms. The predicted octanol–water partition coefficient (Wildman–Crippen LogP) is 11.7. The number of nitrogens with zero attached hydrogens (tertiary/aromatic N) is 1. The molecule has 1 heterocycles. The molecule has 5 rings (SSSR count). The van der Waals surface area contributed by atoms with Crippen LogP contribution in [0.15, 0.2) is 72.5 Å². The third kappa shape index (κ3) is 10.2. The molecule has 2 fully saturated rings. The van der Waals surface area contributed by atoms with Gasteiger partial charge in [-0.3, -0.25) is 0 Å². The summed E-state index contributed by atoms with van der Waals surface area (Å²) in [5.74, 6) is 0.766. The van der Waals surface area contributed by atoms with Crippen LogP contribution in [-0.4, -0.2) is 25.8 Å². The maximum atomic E-state index is 13.3. The number of hydrogen-bond acceptors (Lipinski definition) is 3. The van der Waals surface area contributed by atoms with Gasteiger partial charge in [0.05, 0.1) is 6.54 Å². The van der Waals surface area contributed by atoms with Crippen molar-refractivity contribution in [2.45, 2.75) is 128 Å². The van der Waals surface area contributed by atoms with Gasteiger partial charge in [0.2, 0.25) is 0 Å². The van der Waals surface area contributed by atoms with E-state index >= 15 is 0 Å². The van der Waals surface area contributed by atoms with E-state index in [4.69, 9.17) is 0 Å². The summed E-state index contributed by atoms with van der Waals surface area (Å²) in [5, 5.41) is 2.13. The molecule has 2 N–H and O–H groups in total. The molecule has 0 unspecified atom stereocenters. The second-order valence-corrected chi connectivity index (χ2v) is 15.9. The van der Waals surface area contributed by atoms with Gasteiger partial charge in [-0.15, -0.1) is 26.3 Å². The van der Waals surface area contributed by atoms with Gasteiger partial charge in [-0.2, -0.15) is 0 Å². The van der Waals surface area contributed by atoms with Crippen LogP contribution in [0.25, 0.3) is 0 Å². The molecule has 2 aromatic rings. The van der Waals surface area contributed by atoms with Crippen LogP contribution in [0.3, 0.4) is 0 Å². The van der Waals surface area contributed by atoms with E-state index in [9.17, 15) is 26.3 Å². The molecule has 1 aliphatic heterocycles. The van der Waals surface area contributed by atoms with Crippen molar-refractivity contribution in [3.8, 4) is 11.5 Å². The van der Waals surface area contributed by atoms with E-state index in [-0.39, 0.29) is 11.5 Å². The summed E-state index contributed by atoms with van der Waals surface area (Å²) in [7, 11) is 0. The van der Waals surface area contributed by atoms with Gasteiger partial charge in [-0.1, -0.05) is 111 Å². The molecule has 2 aromatic carbocycles. The molecular weight excluding hydrogens is 678 g/mol. The van der Waals surface area contributed by atoms with Gasteiger partial charge < -0.3 is 19.7 Å². The fraction of sp³-hybridized carbons (Fsp3) is 0.571. The van der Waals surface area contributed by atoms with Gasteiger partial charge in [-0.25, -0.2) is 0 Å². The summed E-state index contributed by atoms with van der Waals surface area (Å²) in [6.45, 7) is 13.9. The van der Waals surface area contributed by atoms with Crippen molar-refractivity contribution < 1.29 is 41.1 Å². The molecule has 3 aliphatic rings. The highest BCUT2D eigenvalue weighted by atomic mass is 19.4. The zero-order chi connectivity index (χ0) is 37.7. The Balaban J connectivity index is 1.41. The average Bonchev–Trinajstić information content (AvgIpc) is 3.28. The molecule has 0 saturated heterocycles. The topological polar surface area (TPSA) is 38.3 Å². The van der Waals surface area contributed by atoms with Crippen LogP contribution in [-0.2, 0) is 10.8 Å². The minimum Gasteiger partial charge on any atom is -0.406 e. The number of halogens is 6. The predicted molar refractivity (Wildman–Crippen MR) is 195 cm³/mol. The molecule has 286 valence electrons. The maximum absolute atomic E-state index is 13.3. The summed E-state index contributed by atoms with van der Waals surface area (Å²) in [4.78, 5) is 2.22. The van der Waals surface area contributed by atoms with E-state index in [1.165, 1.54) is 88.5 Å². The Kier molecular flexibility index (Phi) is 12.5. The second kappa shape index (κ2) is 16.3. The van der Waals surface area contributed by atoms with E-state index in [2.05, 4.69) is 26.3 Å². The Morgan fingerprint density at radius 2 is 1.38 bits per heavy atom. The van der Waals surface area contributed by atoms with Gasteiger partial charge in [0.15, 0.2) is 0 Å². The number of nitrogens with two attached hydrogens (primary N) is 1. The lowest BCUT2D eigenvalue weighted by atomic mass is 9.77. The first-order chi connectivity index (χ1) is 24.4. The maximum Gasteiger partial charge on any atom is 0.573 e. The molecule has 0 aromatic heterocycles. The lowest BCUT2D eigenvalue weighted by Gasteiger charge is -2.30. The van der Waals surface area contributed by atoms with E-state index < -0.39 is 23.6 Å². The third-order valence-electron chi connectivity index (χ3n) is 11.5. The van der Waals surface area contributed by atoms with Crippen LogP contribution in [0.2, 0.25) is 0 Å². The number of anilines is 1. The first-order valence-corrected chi connectivity index (χ1v) is 18.9. The Labute approximate surface area is 305 Å². The Bertz CT molecular complexity index is 1590. The van der Waals surface area contributed by atoms with Crippen LogP contribution >= 0.6 is 0 Å². The minimum atomic E-state index is -4.81. The molecule has 2 aliphatic carbocycles. The summed E-state index contributed by atoms with van der Waals surface area (Å²) in [6.07, 6.45) is 10.5. The van der Waals surface area contributed by atoms with Crippen molar-refractivity contribution in [1.29, 1.82) is 0 Å². The second-order valence-electron chi connectivity index (χ2n) is 15.9. The quantitative estimate of drug-likeness (QED) is 0.127. The van der Waals surface area contributed by atoms with Gasteiger partial charge in [0, 0.05) is 40.4 Å². The van der Waals surface area contributed by atoms with Crippen LogP contribution in [0.4, 0.5) is 37.7 Å². The lowest BCUT2D eigenvalue weighted by Crippen LogP contribution is -2.78. The summed E-state index contributed by atoms with van der Waals surface area (Å²) >= 11 is 0. The van der Waals surface area contributed by atoms with Crippen LogP contribution in [0.1, 0.15) is 116 Å². The lowest BCUT2D eigenvalue weighted by molar-refractivity contribution is -0.573. The molecule has 2 saturated carbocycles. The summed E-state index contributed by atoms with van der Waals surface area (Å²) in [5.41, 5.74) is 3.43. The number of rotatable bonds is 13. The third-order valence-corrected chi connectivity index (χ3v) is 11.5. The van der Waals surface area contributed by atoms with Crippen molar-refractivity contribution in [3.63, 3.8) is 0 Å². The number of benzene rings is 2. The standard InChI is InChI=1S/C42H54F6N2O2/c1-29(39(2,3)34-27-32(51-41(43,44)45)19-21-36(34)49-25-23-30-14-8-6-9-15-30)13-12-18-38-40(4,5)35-28-33(52-42(46,47)48)20-22-37(35)50(38)26-24-31-16-10-7-11-17-31/h12-13,18-22,27-28,30-31,49H,1,6-11,14-17,23-26H2,2-5H3/p+1/b13-12+,38-18+. The van der Waals surface area contributed by atoms with E-state index in [0.29, 0.717) is 23.0 Å². The smallest absolute Gasteiger partial charge is 0.406 e. The molecular formula is C42H55F6N2O2+. The number of ether oxygens (including phenoxy) is 2. The monoisotopic (exact) mass is 733 g/mol. The van der Waals surface area contributed by atoms with Crippen molar-refractivity contribution in [2.75, 3.05) is 18.0 Å². The SMILES string of the molecule is C=C(/C=C/C=C1/N(CCC2CCCCC2)c2ccc(OC(F)(F)F)cc2C1(C)C)C(C)(C)c1cc(OC(F)(F)F)ccc1[NH2+]CCC1CCCCC1. The Morgan fingerprint density at radius 1 is 0.827 bits per heavy atom. The fourth-order valence-electron chi connectivity index (χ4n) is 8.42. The molecule has 4 nitrogen and oxygen atoms in total. The number of alkyl halides is 6. The number of hydrogen-bond donors (Lipinski definition) is 1. The van der Waals surface area contributed by atoms with Crippen LogP contribution < -0.4 is 19.7 Å². The van der Waals surface area contributed by atoms with Gasteiger partial charge in [0.1, 0.15) is 17.2 Å². The fourth-order valence-corrected chi connectivity index (χ4v) is 8.42. The van der Waals surface area contributed by atoms with E-state index in [1.807, 2.05) is 45.9 Å². The summed E-state index contributed by atoms with van der Waals surface area (Å²) < 4.78 is 88.0. The normalized spacial score (nSPS) is 19.7. The van der Waals surface area contributed by atoms with Crippen molar-refractivity contribution in [1.82, 2.24) is 0 Å². The number of quaternary nitrogens is 1. The van der Waals surface area contributed by atoms with Crippen LogP contribution in [0.5, 0.6) is 11.5 Å². The van der Waals surface area contributed by atoms with Gasteiger partial charge >= 0.3 is 12.7 Å². The highest BCUT2D eigenvalue weighted by Gasteiger charge is 2.41. The first-order valence-electron chi connectivity index (χ1n) is 18.9. The average molecular weight is 734 g/mol. The zero-order valence-electron chi connectivity index (χ0n) is 31.1. The van der Waals surface area contributed by atoms with Gasteiger partial charge in [0.25, 0.3) is 0 Å². The molecule has 0 amide bonds. The highest BCUT2D eigenvalue weighted by molar-refractivity contribution is 5.72. The van der Waals surface area contributed by atoms with Crippen molar-refractivity contribution in [2.24, 2.45) is 11.8 Å². The number of fused-ring (bicyclic) bond motifs is 1. The van der Waals surface area contributed by atoms with Crippen LogP contribution in [0, 0.1) is 11.8 Å². The largest absolute Gasteiger partial charge is 0.573 e. The minimum absolute atomic E-state index is 0.249. The zero-order valence-corrected chi connectivity index (χ0v) is 31.1. The number of allylic oxidation sites excluding steroid dienone is 5. The van der Waals surface area contributed by atoms with Crippen molar-refractivity contribution >= 4 is 11.4 Å². The van der Waals surface area contributed by atoms with E-state index in [0.717, 1.165) is 48.6 Å². The molecule has 0 spiro atoms.